The molecule has 1 unspecified atom stereocenters. The van der Waals surface area contributed by atoms with E-state index >= 15 is 0 Å². The lowest BCUT2D eigenvalue weighted by atomic mass is 10.0. The van der Waals surface area contributed by atoms with Gasteiger partial charge in [-0.1, -0.05) is 19.8 Å². The Bertz CT molecular complexity index is 98.6. The maximum Gasteiger partial charge on any atom is -0.0269 e. The monoisotopic (exact) mass is 110 g/mol. The molecule has 2 aliphatic carbocycles. The van der Waals surface area contributed by atoms with Gasteiger partial charge in [-0.25, -0.2) is 0 Å². The third-order valence-corrected chi connectivity index (χ3v) is 3.20. The minimum atomic E-state index is 0.903. The topological polar surface area (TPSA) is 0 Å². The maximum atomic E-state index is 2.41. The molecular formula is C8H14. The van der Waals surface area contributed by atoms with Crippen molar-refractivity contribution < 1.29 is 0 Å². The van der Waals surface area contributed by atoms with Crippen LogP contribution in [0.1, 0.15) is 39.0 Å². The number of hydrogen-bond donors (Lipinski definition) is 0. The van der Waals surface area contributed by atoms with Crippen molar-refractivity contribution in [1.29, 1.82) is 0 Å². The van der Waals surface area contributed by atoms with E-state index in [0.29, 0.717) is 0 Å². The molecule has 0 heterocycles. The predicted octanol–water partition coefficient (Wildman–Crippen LogP) is 2.59. The van der Waals surface area contributed by atoms with Gasteiger partial charge in [0.05, 0.1) is 0 Å². The van der Waals surface area contributed by atoms with E-state index < -0.39 is 0 Å². The first-order valence-corrected chi connectivity index (χ1v) is 3.83. The van der Waals surface area contributed by atoms with Gasteiger partial charge < -0.3 is 0 Å². The molecule has 0 aromatic carbocycles. The molecule has 1 atom stereocenters. The molecule has 0 saturated heterocycles. The molecule has 0 heteroatoms. The molecule has 0 amide bonds. The fourth-order valence-corrected chi connectivity index (χ4v) is 2.33. The second-order valence-corrected chi connectivity index (χ2v) is 3.67. The SMILES string of the molecule is CC1CC12CCCC2. The standard InChI is InChI=1S/C8H14/c1-7-6-8(7)4-2-3-5-8/h7H,2-6H2,1H3. The molecule has 2 saturated carbocycles. The van der Waals surface area contributed by atoms with E-state index in [4.69, 9.17) is 0 Å². The fourth-order valence-electron chi connectivity index (χ4n) is 2.33. The molecule has 0 radical (unpaired) electrons. The summed E-state index contributed by atoms with van der Waals surface area (Å²) in [4.78, 5) is 0. The lowest BCUT2D eigenvalue weighted by Crippen LogP contribution is -1.92. The zero-order valence-electron chi connectivity index (χ0n) is 5.61. The van der Waals surface area contributed by atoms with E-state index in [9.17, 15) is 0 Å². The first-order valence-electron chi connectivity index (χ1n) is 3.83. The van der Waals surface area contributed by atoms with Crippen LogP contribution in [0.2, 0.25) is 0 Å². The van der Waals surface area contributed by atoms with Crippen LogP contribution in [0.3, 0.4) is 0 Å². The molecule has 0 aromatic rings. The van der Waals surface area contributed by atoms with Crippen LogP contribution in [-0.2, 0) is 0 Å². The van der Waals surface area contributed by atoms with Crippen molar-refractivity contribution in [3.05, 3.63) is 0 Å². The highest BCUT2D eigenvalue weighted by atomic mass is 14.6. The van der Waals surface area contributed by atoms with Crippen molar-refractivity contribution in [2.75, 3.05) is 0 Å². The second kappa shape index (κ2) is 1.29. The average Bonchev–Trinajstić information content (AvgIpc) is 2.29. The molecule has 0 bridgehead atoms. The summed E-state index contributed by atoms with van der Waals surface area (Å²) >= 11 is 0. The summed E-state index contributed by atoms with van der Waals surface area (Å²) in [6, 6.07) is 0. The van der Waals surface area contributed by atoms with E-state index in [-0.39, 0.29) is 0 Å². The Balaban J connectivity index is 2.06. The maximum absolute atomic E-state index is 2.41. The molecular weight excluding hydrogens is 96.1 g/mol. The van der Waals surface area contributed by atoms with Crippen LogP contribution >= 0.6 is 0 Å². The Morgan fingerprint density at radius 1 is 1.25 bits per heavy atom. The van der Waals surface area contributed by atoms with Gasteiger partial charge in [0.1, 0.15) is 0 Å². The van der Waals surface area contributed by atoms with Crippen molar-refractivity contribution in [3.8, 4) is 0 Å². The minimum absolute atomic E-state index is 0.903. The normalized spacial score (nSPS) is 40.9. The highest BCUT2D eigenvalue weighted by molar-refractivity contribution is 5.02. The molecule has 1 spiro atoms. The van der Waals surface area contributed by atoms with Crippen LogP contribution in [-0.4, -0.2) is 0 Å². The van der Waals surface area contributed by atoms with E-state index in [1.165, 1.54) is 12.8 Å². The highest BCUT2D eigenvalue weighted by Crippen LogP contribution is 2.62. The van der Waals surface area contributed by atoms with Crippen LogP contribution in [0, 0.1) is 11.3 Å². The van der Waals surface area contributed by atoms with Gasteiger partial charge in [-0.2, -0.15) is 0 Å². The van der Waals surface area contributed by atoms with Gasteiger partial charge in [0, 0.05) is 0 Å². The Morgan fingerprint density at radius 3 is 2.00 bits per heavy atom. The molecule has 0 nitrogen and oxygen atoms in total. The van der Waals surface area contributed by atoms with Gasteiger partial charge in [-0.3, -0.25) is 0 Å². The Morgan fingerprint density at radius 2 is 1.75 bits per heavy atom. The quantitative estimate of drug-likeness (QED) is 0.449. The highest BCUT2D eigenvalue weighted by Gasteiger charge is 2.51. The molecule has 2 rings (SSSR count). The summed E-state index contributed by atoms with van der Waals surface area (Å²) in [5.41, 5.74) is 0.903. The van der Waals surface area contributed by atoms with Crippen molar-refractivity contribution in [1.82, 2.24) is 0 Å². The van der Waals surface area contributed by atoms with Crippen LogP contribution < -0.4 is 0 Å². The van der Waals surface area contributed by atoms with Gasteiger partial charge in [0.2, 0.25) is 0 Å². The lowest BCUT2D eigenvalue weighted by Gasteiger charge is -2.01. The van der Waals surface area contributed by atoms with Crippen LogP contribution in [0.25, 0.3) is 0 Å². The third kappa shape index (κ3) is 0.463. The summed E-state index contributed by atoms with van der Waals surface area (Å²) in [5, 5.41) is 0. The molecule has 2 fully saturated rings. The molecule has 0 N–H and O–H groups in total. The lowest BCUT2D eigenvalue weighted by molar-refractivity contribution is 0.486. The van der Waals surface area contributed by atoms with Gasteiger partial charge in [0.25, 0.3) is 0 Å². The molecule has 2 aliphatic rings. The summed E-state index contributed by atoms with van der Waals surface area (Å²) in [6.07, 6.45) is 7.68. The summed E-state index contributed by atoms with van der Waals surface area (Å²) in [6.45, 7) is 2.41. The van der Waals surface area contributed by atoms with Gasteiger partial charge >= 0.3 is 0 Å². The second-order valence-electron chi connectivity index (χ2n) is 3.67. The van der Waals surface area contributed by atoms with Gasteiger partial charge in [-0.05, 0) is 30.6 Å². The third-order valence-electron chi connectivity index (χ3n) is 3.20. The summed E-state index contributed by atoms with van der Waals surface area (Å²) in [7, 11) is 0. The zero-order chi connectivity index (χ0) is 5.61. The van der Waals surface area contributed by atoms with Crippen LogP contribution in [0.5, 0.6) is 0 Å². The first-order chi connectivity index (χ1) is 3.83. The van der Waals surface area contributed by atoms with Crippen LogP contribution in [0.4, 0.5) is 0 Å². The molecule has 8 heavy (non-hydrogen) atoms. The predicted molar refractivity (Wildman–Crippen MR) is 34.7 cm³/mol. The Kier molecular flexibility index (Phi) is 0.778. The Hall–Kier alpha value is 0. The minimum Gasteiger partial charge on any atom is -0.0620 e. The molecule has 0 aliphatic heterocycles. The van der Waals surface area contributed by atoms with E-state index in [1.807, 2.05) is 0 Å². The average molecular weight is 110 g/mol. The van der Waals surface area contributed by atoms with Crippen molar-refractivity contribution in [3.63, 3.8) is 0 Å². The van der Waals surface area contributed by atoms with Gasteiger partial charge in [0.15, 0.2) is 0 Å². The largest absolute Gasteiger partial charge is 0.0620 e. The smallest absolute Gasteiger partial charge is 0.0269 e. The number of rotatable bonds is 0. The first kappa shape index (κ1) is 4.84. The van der Waals surface area contributed by atoms with Gasteiger partial charge in [-0.15, -0.1) is 0 Å². The van der Waals surface area contributed by atoms with Crippen molar-refractivity contribution >= 4 is 0 Å². The van der Waals surface area contributed by atoms with Crippen molar-refractivity contribution in [2.45, 2.75) is 39.0 Å². The summed E-state index contributed by atoms with van der Waals surface area (Å²) in [5.74, 6) is 1.09. The molecule has 0 aromatic heterocycles. The van der Waals surface area contributed by atoms with E-state index in [0.717, 1.165) is 11.3 Å². The van der Waals surface area contributed by atoms with Crippen molar-refractivity contribution in [2.24, 2.45) is 11.3 Å². The van der Waals surface area contributed by atoms with Crippen LogP contribution in [0.15, 0.2) is 0 Å². The molecule has 46 valence electrons. The summed E-state index contributed by atoms with van der Waals surface area (Å²) < 4.78 is 0. The Labute approximate surface area is 51.3 Å². The fraction of sp³-hybridized carbons (Fsp3) is 1.00. The van der Waals surface area contributed by atoms with E-state index in [2.05, 4.69) is 6.92 Å². The zero-order valence-corrected chi connectivity index (χ0v) is 5.61. The number of hydrogen-bond acceptors (Lipinski definition) is 0. The van der Waals surface area contributed by atoms with E-state index in [1.54, 1.807) is 19.3 Å².